The molecule has 2 aromatic heterocycles. The minimum absolute atomic E-state index is 0.135. The van der Waals surface area contributed by atoms with Gasteiger partial charge in [-0.05, 0) is 12.5 Å². The summed E-state index contributed by atoms with van der Waals surface area (Å²) in [5, 5.41) is 2.17. The molecule has 0 spiro atoms. The van der Waals surface area contributed by atoms with Crippen LogP contribution in [0.4, 0.5) is 0 Å². The summed E-state index contributed by atoms with van der Waals surface area (Å²) in [7, 11) is 1.41. The molecular formula is C13H16N2O2S2. The van der Waals surface area contributed by atoms with E-state index in [4.69, 9.17) is 0 Å². The molecule has 0 aliphatic carbocycles. The van der Waals surface area contributed by atoms with E-state index in [1.807, 2.05) is 6.92 Å². The van der Waals surface area contributed by atoms with Crippen molar-refractivity contribution >= 4 is 39.3 Å². The first kappa shape index (κ1) is 14.3. The van der Waals surface area contributed by atoms with Crippen LogP contribution in [-0.2, 0) is 16.0 Å². The number of carbonyl (C=O) groups is 1. The molecule has 1 atom stereocenters. The Morgan fingerprint density at radius 2 is 2.32 bits per heavy atom. The minimum atomic E-state index is -0.190. The number of methoxy groups -OCH3 is 1. The molecule has 102 valence electrons. The Labute approximate surface area is 120 Å². The fourth-order valence-electron chi connectivity index (χ4n) is 1.70. The largest absolute Gasteiger partial charge is 0.469 e. The van der Waals surface area contributed by atoms with E-state index < -0.39 is 0 Å². The Morgan fingerprint density at radius 3 is 3.00 bits per heavy atom. The third-order valence-electron chi connectivity index (χ3n) is 2.69. The Hall–Kier alpha value is -1.14. The van der Waals surface area contributed by atoms with Crippen molar-refractivity contribution < 1.29 is 9.53 Å². The number of fused-ring (bicyclic) bond motifs is 1. The number of hydrogen-bond acceptors (Lipinski definition) is 6. The lowest BCUT2D eigenvalue weighted by Gasteiger charge is -2.09. The number of nitrogens with zero attached hydrogens (tertiary/aromatic N) is 2. The first-order valence-electron chi connectivity index (χ1n) is 6.11. The highest BCUT2D eigenvalue weighted by Gasteiger charge is 2.15. The molecule has 0 radical (unpaired) electrons. The van der Waals surface area contributed by atoms with Gasteiger partial charge in [-0.25, -0.2) is 9.97 Å². The Morgan fingerprint density at radius 1 is 1.53 bits per heavy atom. The second-order valence-corrected chi connectivity index (χ2v) is 6.71. The topological polar surface area (TPSA) is 52.1 Å². The summed E-state index contributed by atoms with van der Waals surface area (Å²) in [6.45, 7) is 4.13. The van der Waals surface area contributed by atoms with Crippen LogP contribution in [-0.4, -0.2) is 28.3 Å². The average Bonchev–Trinajstić information content (AvgIpc) is 2.82. The molecule has 0 amide bonds. The maximum absolute atomic E-state index is 11.3. The maximum atomic E-state index is 11.3. The molecule has 2 heterocycles. The molecule has 2 rings (SSSR count). The lowest BCUT2D eigenvalue weighted by molar-refractivity contribution is -0.140. The fraction of sp³-hybridized carbons (Fsp3) is 0.462. The molecular weight excluding hydrogens is 280 g/mol. The van der Waals surface area contributed by atoms with Crippen molar-refractivity contribution in [3.05, 3.63) is 17.3 Å². The van der Waals surface area contributed by atoms with Crippen LogP contribution < -0.4 is 0 Å². The summed E-state index contributed by atoms with van der Waals surface area (Å²) < 4.78 is 4.68. The number of thioether (sulfide) groups is 1. The number of aryl methyl sites for hydroxylation is 1. The zero-order chi connectivity index (χ0) is 13.8. The summed E-state index contributed by atoms with van der Waals surface area (Å²) in [4.78, 5) is 22.2. The van der Waals surface area contributed by atoms with Crippen LogP contribution in [0.25, 0.3) is 10.2 Å². The predicted octanol–water partition coefficient (Wildman–Crippen LogP) is 3.30. The van der Waals surface area contributed by atoms with Gasteiger partial charge in [-0.1, -0.05) is 13.8 Å². The molecule has 1 unspecified atom stereocenters. The summed E-state index contributed by atoms with van der Waals surface area (Å²) >= 11 is 3.30. The number of rotatable bonds is 5. The van der Waals surface area contributed by atoms with E-state index in [9.17, 15) is 4.79 Å². The SMILES string of the molecule is CCc1cc2c(SC(C)CC(=O)OC)ncnc2s1. The van der Waals surface area contributed by atoms with Gasteiger partial charge in [-0.3, -0.25) is 4.79 Å². The second kappa shape index (κ2) is 6.34. The number of aromatic nitrogens is 2. The van der Waals surface area contributed by atoms with Crippen LogP contribution in [0.2, 0.25) is 0 Å². The summed E-state index contributed by atoms with van der Waals surface area (Å²) in [6.07, 6.45) is 2.98. The molecule has 0 N–H and O–H groups in total. The fourth-order valence-corrected chi connectivity index (χ4v) is 3.69. The van der Waals surface area contributed by atoms with Gasteiger partial charge in [0.1, 0.15) is 16.2 Å². The quantitative estimate of drug-likeness (QED) is 0.481. The second-order valence-electron chi connectivity index (χ2n) is 4.17. The molecule has 19 heavy (non-hydrogen) atoms. The van der Waals surface area contributed by atoms with Crippen molar-refractivity contribution in [3.63, 3.8) is 0 Å². The molecule has 0 bridgehead atoms. The van der Waals surface area contributed by atoms with Gasteiger partial charge < -0.3 is 4.74 Å². The van der Waals surface area contributed by atoms with E-state index in [-0.39, 0.29) is 11.2 Å². The molecule has 0 saturated carbocycles. The summed E-state index contributed by atoms with van der Waals surface area (Å²) in [5.74, 6) is -0.190. The molecule has 0 aliphatic heterocycles. The molecule has 4 nitrogen and oxygen atoms in total. The molecule has 6 heteroatoms. The molecule has 0 fully saturated rings. The highest BCUT2D eigenvalue weighted by molar-refractivity contribution is 8.00. The van der Waals surface area contributed by atoms with Crippen molar-refractivity contribution in [3.8, 4) is 0 Å². The van der Waals surface area contributed by atoms with E-state index in [1.54, 1.807) is 29.4 Å². The van der Waals surface area contributed by atoms with Gasteiger partial charge >= 0.3 is 5.97 Å². The standard InChI is InChI=1S/C13H16N2O2S2/c1-4-9-6-10-12(14-7-15-13(10)19-9)18-8(2)5-11(16)17-3/h6-8H,4-5H2,1-3H3. The highest BCUT2D eigenvalue weighted by Crippen LogP contribution is 2.33. The Bertz CT molecular complexity index is 583. The van der Waals surface area contributed by atoms with E-state index >= 15 is 0 Å². The zero-order valence-corrected chi connectivity index (χ0v) is 12.8. The molecule has 0 aliphatic rings. The monoisotopic (exact) mass is 296 g/mol. The molecule has 2 aromatic rings. The van der Waals surface area contributed by atoms with Gasteiger partial charge in [-0.2, -0.15) is 0 Å². The highest BCUT2D eigenvalue weighted by atomic mass is 32.2. The number of thiophene rings is 1. The van der Waals surface area contributed by atoms with Crippen molar-refractivity contribution in [2.75, 3.05) is 7.11 Å². The van der Waals surface area contributed by atoms with Crippen LogP contribution in [0.1, 0.15) is 25.1 Å². The summed E-state index contributed by atoms with van der Waals surface area (Å²) in [6, 6.07) is 2.15. The third kappa shape index (κ3) is 3.45. The Kier molecular flexibility index (Phi) is 4.76. The van der Waals surface area contributed by atoms with Crippen molar-refractivity contribution in [2.24, 2.45) is 0 Å². The maximum Gasteiger partial charge on any atom is 0.306 e. The van der Waals surface area contributed by atoms with Gasteiger partial charge in [-0.15, -0.1) is 23.1 Å². The number of esters is 1. The van der Waals surface area contributed by atoms with Crippen molar-refractivity contribution in [1.82, 2.24) is 9.97 Å². The van der Waals surface area contributed by atoms with Crippen molar-refractivity contribution in [1.29, 1.82) is 0 Å². The zero-order valence-electron chi connectivity index (χ0n) is 11.2. The first-order valence-corrected chi connectivity index (χ1v) is 7.80. The van der Waals surface area contributed by atoms with Crippen LogP contribution in [0.15, 0.2) is 17.4 Å². The van der Waals surface area contributed by atoms with E-state index in [0.29, 0.717) is 6.42 Å². The van der Waals surface area contributed by atoms with E-state index in [2.05, 4.69) is 27.7 Å². The number of carbonyl (C=O) groups excluding carboxylic acids is 1. The molecule has 0 aromatic carbocycles. The first-order chi connectivity index (χ1) is 9.13. The lowest BCUT2D eigenvalue weighted by Crippen LogP contribution is -2.08. The van der Waals surface area contributed by atoms with Crippen LogP contribution in [0, 0.1) is 0 Å². The lowest BCUT2D eigenvalue weighted by atomic mass is 10.3. The minimum Gasteiger partial charge on any atom is -0.469 e. The van der Waals surface area contributed by atoms with Gasteiger partial charge in [0.2, 0.25) is 0 Å². The Balaban J connectivity index is 2.20. The van der Waals surface area contributed by atoms with Crippen LogP contribution in [0.3, 0.4) is 0 Å². The van der Waals surface area contributed by atoms with Crippen molar-refractivity contribution in [2.45, 2.75) is 37.0 Å². The van der Waals surface area contributed by atoms with E-state index in [1.165, 1.54) is 12.0 Å². The van der Waals surface area contributed by atoms with Gasteiger partial charge in [0, 0.05) is 15.5 Å². The smallest absolute Gasteiger partial charge is 0.306 e. The van der Waals surface area contributed by atoms with Crippen LogP contribution >= 0.6 is 23.1 Å². The van der Waals surface area contributed by atoms with Gasteiger partial charge in [0.15, 0.2) is 0 Å². The average molecular weight is 296 g/mol. The summed E-state index contributed by atoms with van der Waals surface area (Å²) in [5.41, 5.74) is 0. The predicted molar refractivity (Wildman–Crippen MR) is 78.7 cm³/mol. The van der Waals surface area contributed by atoms with E-state index in [0.717, 1.165) is 21.7 Å². The third-order valence-corrected chi connectivity index (χ3v) is 4.99. The van der Waals surface area contributed by atoms with Crippen LogP contribution in [0.5, 0.6) is 0 Å². The van der Waals surface area contributed by atoms with Gasteiger partial charge in [0.05, 0.1) is 13.5 Å². The van der Waals surface area contributed by atoms with Gasteiger partial charge in [0.25, 0.3) is 0 Å². The molecule has 0 saturated heterocycles. The normalized spacial score (nSPS) is 12.6. The number of ether oxygens (including phenoxy) is 1. The number of hydrogen-bond donors (Lipinski definition) is 0.